The first-order valence-corrected chi connectivity index (χ1v) is 10.8. The summed E-state index contributed by atoms with van der Waals surface area (Å²) >= 11 is 6.08. The van der Waals surface area contributed by atoms with E-state index in [9.17, 15) is 13.2 Å². The maximum absolute atomic E-state index is 12.4. The maximum atomic E-state index is 12.4. The number of piperazine rings is 1. The normalized spacial score (nSPS) is 23.6. The molecule has 8 heteroatoms. The number of hydrogen-bond donors (Lipinski definition) is 1. The van der Waals surface area contributed by atoms with E-state index in [2.05, 4.69) is 0 Å². The average molecular weight is 388 g/mol. The van der Waals surface area contributed by atoms with Gasteiger partial charge in [-0.25, -0.2) is 8.42 Å². The first kappa shape index (κ1) is 18.5. The number of nitrogens with zero attached hydrogens (tertiary/aromatic N) is 1. The van der Waals surface area contributed by atoms with Gasteiger partial charge in [-0.05, 0) is 24.6 Å². The molecule has 6 nitrogen and oxygen atoms in total. The zero-order chi connectivity index (χ0) is 18.0. The molecule has 1 amide bonds. The molecule has 2 saturated heterocycles. The third-order valence-electron chi connectivity index (χ3n) is 5.01. The van der Waals surface area contributed by atoms with E-state index in [-0.39, 0.29) is 24.3 Å². The molecular formula is C17H24ClN2O4S+. The fourth-order valence-corrected chi connectivity index (χ4v) is 5.52. The fourth-order valence-electron chi connectivity index (χ4n) is 3.52. The van der Waals surface area contributed by atoms with Gasteiger partial charge in [-0.15, -0.1) is 0 Å². The van der Waals surface area contributed by atoms with Crippen LogP contribution in [0.2, 0.25) is 5.02 Å². The number of benzene rings is 1. The minimum Gasteiger partial charge on any atom is -0.482 e. The Hall–Kier alpha value is -1.31. The summed E-state index contributed by atoms with van der Waals surface area (Å²) in [7, 11) is -2.86. The fraction of sp³-hybridized carbons (Fsp3) is 0.588. The summed E-state index contributed by atoms with van der Waals surface area (Å²) in [5.74, 6) is 1.05. The van der Waals surface area contributed by atoms with Crippen molar-refractivity contribution in [3.8, 4) is 5.75 Å². The van der Waals surface area contributed by atoms with Crippen LogP contribution in [0.1, 0.15) is 12.0 Å². The lowest BCUT2D eigenvalue weighted by atomic mass is 10.2. The van der Waals surface area contributed by atoms with E-state index in [1.807, 2.05) is 19.1 Å². The summed E-state index contributed by atoms with van der Waals surface area (Å²) in [4.78, 5) is 15.4. The lowest BCUT2D eigenvalue weighted by Crippen LogP contribution is -3.18. The zero-order valence-electron chi connectivity index (χ0n) is 14.3. The van der Waals surface area contributed by atoms with Gasteiger partial charge in [-0.1, -0.05) is 17.7 Å². The summed E-state index contributed by atoms with van der Waals surface area (Å²) in [6.45, 7) is 4.76. The molecule has 0 radical (unpaired) electrons. The summed E-state index contributed by atoms with van der Waals surface area (Å²) in [5.41, 5.74) is 1.02. The highest BCUT2D eigenvalue weighted by molar-refractivity contribution is 7.91. The molecule has 25 heavy (non-hydrogen) atoms. The number of nitrogens with one attached hydrogen (secondary N) is 1. The largest absolute Gasteiger partial charge is 0.482 e. The van der Waals surface area contributed by atoms with Crippen molar-refractivity contribution in [3.63, 3.8) is 0 Å². The number of hydrogen-bond acceptors (Lipinski definition) is 4. The van der Waals surface area contributed by atoms with Crippen LogP contribution in [0.15, 0.2) is 18.2 Å². The van der Waals surface area contributed by atoms with Crippen molar-refractivity contribution in [1.82, 2.24) is 4.90 Å². The number of halogens is 1. The molecule has 1 N–H and O–H groups in total. The molecule has 0 aliphatic carbocycles. The van der Waals surface area contributed by atoms with Gasteiger partial charge < -0.3 is 14.5 Å². The lowest BCUT2D eigenvalue weighted by molar-refractivity contribution is -0.925. The van der Waals surface area contributed by atoms with Gasteiger partial charge in [0.25, 0.3) is 5.91 Å². The highest BCUT2D eigenvalue weighted by Gasteiger charge is 2.37. The number of sulfone groups is 1. The Labute approximate surface area is 153 Å². The van der Waals surface area contributed by atoms with E-state index >= 15 is 0 Å². The van der Waals surface area contributed by atoms with Crippen LogP contribution in [0.4, 0.5) is 0 Å². The Morgan fingerprint density at radius 1 is 1.36 bits per heavy atom. The van der Waals surface area contributed by atoms with Crippen molar-refractivity contribution in [2.75, 3.05) is 44.3 Å². The third kappa shape index (κ3) is 4.65. The first-order valence-electron chi connectivity index (χ1n) is 8.56. The number of quaternary nitrogens is 1. The van der Waals surface area contributed by atoms with Crippen LogP contribution in [-0.4, -0.2) is 69.6 Å². The SMILES string of the molecule is Cc1ccc(Cl)c(OCC(=O)N2CC[NH+]([C@@H]3CCS(=O)(=O)C3)CC2)c1. The highest BCUT2D eigenvalue weighted by Crippen LogP contribution is 2.25. The van der Waals surface area contributed by atoms with Crippen molar-refractivity contribution in [1.29, 1.82) is 0 Å². The first-order chi connectivity index (χ1) is 11.8. The van der Waals surface area contributed by atoms with E-state index in [1.165, 1.54) is 4.90 Å². The minimum atomic E-state index is -2.86. The van der Waals surface area contributed by atoms with Crippen LogP contribution in [0, 0.1) is 6.92 Å². The second-order valence-electron chi connectivity index (χ2n) is 6.86. The van der Waals surface area contributed by atoms with Crippen molar-refractivity contribution < 1.29 is 22.8 Å². The average Bonchev–Trinajstić information content (AvgIpc) is 2.95. The van der Waals surface area contributed by atoms with Gasteiger partial charge in [-0.3, -0.25) is 4.79 Å². The Kier molecular flexibility index (Phi) is 5.55. The molecule has 2 aliphatic heterocycles. The third-order valence-corrected chi connectivity index (χ3v) is 7.09. The number of amides is 1. The molecule has 3 rings (SSSR count). The van der Waals surface area contributed by atoms with Crippen LogP contribution in [0.5, 0.6) is 5.75 Å². The van der Waals surface area contributed by atoms with Crippen molar-refractivity contribution in [2.24, 2.45) is 0 Å². The summed E-state index contributed by atoms with van der Waals surface area (Å²) in [6, 6.07) is 5.65. The highest BCUT2D eigenvalue weighted by atomic mass is 35.5. The molecule has 0 bridgehead atoms. The topological polar surface area (TPSA) is 68.1 Å². The van der Waals surface area contributed by atoms with Crippen molar-refractivity contribution in [3.05, 3.63) is 28.8 Å². The van der Waals surface area contributed by atoms with Gasteiger partial charge in [0.2, 0.25) is 0 Å². The molecule has 0 saturated carbocycles. The molecule has 2 fully saturated rings. The molecule has 2 aliphatic rings. The second-order valence-corrected chi connectivity index (χ2v) is 9.50. The monoisotopic (exact) mass is 387 g/mol. The van der Waals surface area contributed by atoms with E-state index in [0.717, 1.165) is 25.1 Å². The van der Waals surface area contributed by atoms with Crippen LogP contribution in [0.3, 0.4) is 0 Å². The van der Waals surface area contributed by atoms with Crippen molar-refractivity contribution >= 4 is 27.3 Å². The Balaban J connectivity index is 1.48. The standard InChI is InChI=1S/C17H23ClN2O4S/c1-13-2-3-15(18)16(10-13)24-11-17(21)20-7-5-19(6-8-20)14-4-9-25(22,23)12-14/h2-3,10,14H,4-9,11-12H2,1H3/p+1/t14-/m1/s1. The van der Waals surface area contributed by atoms with Crippen LogP contribution in [-0.2, 0) is 14.6 Å². The van der Waals surface area contributed by atoms with Crippen LogP contribution >= 0.6 is 11.6 Å². The van der Waals surface area contributed by atoms with E-state index < -0.39 is 9.84 Å². The van der Waals surface area contributed by atoms with E-state index in [4.69, 9.17) is 16.3 Å². The van der Waals surface area contributed by atoms with Crippen molar-refractivity contribution in [2.45, 2.75) is 19.4 Å². The molecule has 0 spiro atoms. The molecule has 0 unspecified atom stereocenters. The molecule has 138 valence electrons. The zero-order valence-corrected chi connectivity index (χ0v) is 15.9. The lowest BCUT2D eigenvalue weighted by Gasteiger charge is -2.34. The Bertz CT molecular complexity index is 745. The molecular weight excluding hydrogens is 364 g/mol. The number of carbonyl (C=O) groups is 1. The quantitative estimate of drug-likeness (QED) is 0.786. The van der Waals surface area contributed by atoms with Crippen LogP contribution in [0.25, 0.3) is 0 Å². The van der Waals surface area contributed by atoms with Gasteiger partial charge in [0, 0.05) is 6.42 Å². The number of aryl methyl sites for hydroxylation is 1. The van der Waals surface area contributed by atoms with E-state index in [1.54, 1.807) is 11.0 Å². The van der Waals surface area contributed by atoms with Gasteiger partial charge in [0.1, 0.15) is 17.5 Å². The summed E-state index contributed by atoms with van der Waals surface area (Å²) < 4.78 is 28.8. The molecule has 1 aromatic rings. The summed E-state index contributed by atoms with van der Waals surface area (Å²) in [6.07, 6.45) is 0.737. The predicted octanol–water partition coefficient (Wildman–Crippen LogP) is -0.0586. The Morgan fingerprint density at radius 3 is 2.72 bits per heavy atom. The van der Waals surface area contributed by atoms with Gasteiger partial charge in [-0.2, -0.15) is 0 Å². The van der Waals surface area contributed by atoms with E-state index in [0.29, 0.717) is 29.6 Å². The van der Waals surface area contributed by atoms with Gasteiger partial charge in [0.05, 0.1) is 37.0 Å². The maximum Gasteiger partial charge on any atom is 0.260 e. The van der Waals surface area contributed by atoms with Crippen LogP contribution < -0.4 is 9.64 Å². The molecule has 0 aromatic heterocycles. The van der Waals surface area contributed by atoms with Gasteiger partial charge >= 0.3 is 0 Å². The minimum absolute atomic E-state index is 0.0314. The summed E-state index contributed by atoms with van der Waals surface area (Å²) in [5, 5.41) is 0.495. The number of ether oxygens (including phenoxy) is 1. The molecule has 2 heterocycles. The predicted molar refractivity (Wildman–Crippen MR) is 96.0 cm³/mol. The molecule has 1 aromatic carbocycles. The smallest absolute Gasteiger partial charge is 0.260 e. The van der Waals surface area contributed by atoms with Gasteiger partial charge in [0.15, 0.2) is 16.4 Å². The Morgan fingerprint density at radius 2 is 2.08 bits per heavy atom. The second kappa shape index (κ2) is 7.51. The molecule has 1 atom stereocenters. The number of carbonyl (C=O) groups excluding carboxylic acids is 1. The number of rotatable bonds is 4.